The van der Waals surface area contributed by atoms with Gasteiger partial charge in [-0.2, -0.15) is 10.2 Å². The summed E-state index contributed by atoms with van der Waals surface area (Å²) in [5.74, 6) is 4.25. The zero-order chi connectivity index (χ0) is 18.6. The van der Waals surface area contributed by atoms with E-state index in [9.17, 15) is 4.79 Å². The summed E-state index contributed by atoms with van der Waals surface area (Å²) in [7, 11) is 0. The molecule has 0 aliphatic carbocycles. The predicted molar refractivity (Wildman–Crippen MR) is 99.5 cm³/mol. The van der Waals surface area contributed by atoms with E-state index < -0.39 is 5.66 Å². The van der Waals surface area contributed by atoms with Gasteiger partial charge in [0.05, 0.1) is 6.20 Å². The average Bonchev–Trinajstić information content (AvgIpc) is 3.23. The summed E-state index contributed by atoms with van der Waals surface area (Å²) in [6, 6.07) is 7.44. The van der Waals surface area contributed by atoms with Gasteiger partial charge in [0, 0.05) is 42.9 Å². The van der Waals surface area contributed by atoms with Gasteiger partial charge >= 0.3 is 0 Å². The summed E-state index contributed by atoms with van der Waals surface area (Å²) < 4.78 is 5.73. The number of hydrogen-bond acceptors (Lipinski definition) is 5. The minimum Gasteiger partial charge on any atom is -0.441 e. The van der Waals surface area contributed by atoms with Gasteiger partial charge in [-0.05, 0) is 24.3 Å². The van der Waals surface area contributed by atoms with Gasteiger partial charge in [-0.25, -0.2) is 4.98 Å². The Hall–Kier alpha value is -2.94. The van der Waals surface area contributed by atoms with Gasteiger partial charge in [0.25, 0.3) is 0 Å². The summed E-state index contributed by atoms with van der Waals surface area (Å²) in [6.07, 6.45) is 9.29. The van der Waals surface area contributed by atoms with E-state index in [0.717, 1.165) is 17.0 Å². The molecule has 0 saturated carbocycles. The van der Waals surface area contributed by atoms with E-state index in [-0.39, 0.29) is 5.91 Å². The van der Waals surface area contributed by atoms with E-state index in [0.29, 0.717) is 37.5 Å². The molecular formula is C20H22N4O2. The Morgan fingerprint density at radius 1 is 1.27 bits per heavy atom. The molecule has 2 heterocycles. The Kier molecular flexibility index (Phi) is 5.17. The van der Waals surface area contributed by atoms with E-state index in [2.05, 4.69) is 40.3 Å². The monoisotopic (exact) mass is 350 g/mol. The molecule has 0 atom stereocenters. The predicted octanol–water partition coefficient (Wildman–Crippen LogP) is 4.76. The number of terminal acetylenes is 1. The largest absolute Gasteiger partial charge is 0.441 e. The molecule has 1 amide bonds. The maximum atomic E-state index is 12.1. The van der Waals surface area contributed by atoms with Crippen LogP contribution in [0.5, 0.6) is 0 Å². The van der Waals surface area contributed by atoms with Crippen LogP contribution in [0, 0.1) is 12.3 Å². The Morgan fingerprint density at radius 3 is 2.58 bits per heavy atom. The van der Waals surface area contributed by atoms with Crippen LogP contribution in [0.15, 0.2) is 45.1 Å². The Bertz CT molecular complexity index is 837. The highest BCUT2D eigenvalue weighted by Crippen LogP contribution is 2.37. The van der Waals surface area contributed by atoms with Crippen LogP contribution in [-0.2, 0) is 4.79 Å². The first-order chi connectivity index (χ1) is 12.5. The molecule has 0 spiro atoms. The molecule has 1 aromatic carbocycles. The van der Waals surface area contributed by atoms with E-state index in [1.807, 2.05) is 24.3 Å². The van der Waals surface area contributed by atoms with Crippen molar-refractivity contribution in [3.05, 3.63) is 36.2 Å². The molecule has 0 bridgehead atoms. The molecule has 0 saturated heterocycles. The zero-order valence-electron chi connectivity index (χ0n) is 15.0. The van der Waals surface area contributed by atoms with Crippen molar-refractivity contribution in [2.24, 2.45) is 10.2 Å². The van der Waals surface area contributed by atoms with Crippen LogP contribution < -0.4 is 5.32 Å². The van der Waals surface area contributed by atoms with Crippen molar-refractivity contribution in [3.63, 3.8) is 0 Å². The molecule has 0 fully saturated rings. The second-order valence-electron chi connectivity index (χ2n) is 6.73. The van der Waals surface area contributed by atoms with Crippen molar-refractivity contribution in [3.8, 4) is 23.8 Å². The first-order valence-electron chi connectivity index (χ1n) is 8.75. The second kappa shape index (κ2) is 7.52. The third-order valence-electron chi connectivity index (χ3n) is 4.31. The fraction of sp³-hybridized carbons (Fsp3) is 0.400. The van der Waals surface area contributed by atoms with Crippen molar-refractivity contribution in [2.45, 2.75) is 51.1 Å². The Morgan fingerprint density at radius 2 is 2.00 bits per heavy atom. The number of benzene rings is 1. The maximum absolute atomic E-state index is 12.1. The first-order valence-corrected chi connectivity index (χ1v) is 8.75. The molecule has 0 radical (unpaired) electrons. The molecular weight excluding hydrogens is 328 g/mol. The fourth-order valence-corrected chi connectivity index (χ4v) is 2.59. The number of amides is 1. The van der Waals surface area contributed by atoms with Crippen molar-refractivity contribution >= 4 is 11.6 Å². The van der Waals surface area contributed by atoms with Crippen molar-refractivity contribution in [1.82, 2.24) is 4.98 Å². The number of carbonyl (C=O) groups excluding carboxylic acids is 1. The molecule has 1 aliphatic rings. The van der Waals surface area contributed by atoms with E-state index in [1.165, 1.54) is 0 Å². The lowest BCUT2D eigenvalue weighted by molar-refractivity contribution is -0.116. The quantitative estimate of drug-likeness (QED) is 0.697. The molecule has 2 aromatic rings. The molecule has 3 rings (SSSR count). The topological polar surface area (TPSA) is 79.9 Å². The summed E-state index contributed by atoms with van der Waals surface area (Å²) in [4.78, 5) is 16.4. The minimum atomic E-state index is -0.424. The van der Waals surface area contributed by atoms with Crippen LogP contribution in [0.2, 0.25) is 0 Å². The fourth-order valence-electron chi connectivity index (χ4n) is 2.59. The van der Waals surface area contributed by atoms with E-state index >= 15 is 0 Å². The zero-order valence-corrected chi connectivity index (χ0v) is 15.0. The van der Waals surface area contributed by atoms with Gasteiger partial charge in [0.15, 0.2) is 5.66 Å². The van der Waals surface area contributed by atoms with Crippen molar-refractivity contribution in [2.75, 3.05) is 5.32 Å². The van der Waals surface area contributed by atoms with Crippen LogP contribution in [0.3, 0.4) is 0 Å². The SMILES string of the molecule is C#CCCC1(CCC(=O)Nc2ccc(-c3ncc(C(C)C)o3)cc2)N=N1. The van der Waals surface area contributed by atoms with Gasteiger partial charge in [-0.3, -0.25) is 4.79 Å². The molecule has 0 unspecified atom stereocenters. The lowest BCUT2D eigenvalue weighted by atomic mass is 10.0. The van der Waals surface area contributed by atoms with E-state index in [4.69, 9.17) is 10.8 Å². The summed E-state index contributed by atoms with van der Waals surface area (Å²) in [6.45, 7) is 4.11. The van der Waals surface area contributed by atoms with E-state index in [1.54, 1.807) is 6.20 Å². The Labute approximate surface area is 153 Å². The average molecular weight is 350 g/mol. The van der Waals surface area contributed by atoms with Crippen molar-refractivity contribution in [1.29, 1.82) is 0 Å². The van der Waals surface area contributed by atoms with Gasteiger partial charge in [-0.1, -0.05) is 13.8 Å². The highest BCUT2D eigenvalue weighted by atomic mass is 16.4. The Balaban J connectivity index is 1.52. The molecule has 1 N–H and O–H groups in total. The highest BCUT2D eigenvalue weighted by Gasteiger charge is 2.39. The first kappa shape index (κ1) is 17.9. The standard InChI is InChI=1S/C20H22N4O2/c1-4-5-11-20(23-24-20)12-10-18(25)22-16-8-6-15(7-9-16)19-21-13-17(26-19)14(2)3/h1,6-9,13-14H,5,10-12H2,2-3H3,(H,22,25). The third kappa shape index (κ3) is 4.37. The molecule has 6 nitrogen and oxygen atoms in total. The lowest BCUT2D eigenvalue weighted by Crippen LogP contribution is -2.17. The van der Waals surface area contributed by atoms with Crippen LogP contribution in [0.1, 0.15) is 51.2 Å². The highest BCUT2D eigenvalue weighted by molar-refractivity contribution is 5.91. The van der Waals surface area contributed by atoms with Crippen molar-refractivity contribution < 1.29 is 9.21 Å². The second-order valence-corrected chi connectivity index (χ2v) is 6.73. The number of anilines is 1. The van der Waals surface area contributed by atoms with Gasteiger partial charge in [-0.15, -0.1) is 12.3 Å². The lowest BCUT2D eigenvalue weighted by Gasteiger charge is -2.09. The number of carbonyl (C=O) groups is 1. The number of aromatic nitrogens is 1. The summed E-state index contributed by atoms with van der Waals surface area (Å²) in [5, 5.41) is 11.0. The molecule has 1 aromatic heterocycles. The molecule has 134 valence electrons. The van der Waals surface area contributed by atoms with Crippen LogP contribution in [-0.4, -0.2) is 16.6 Å². The minimum absolute atomic E-state index is 0.0617. The number of nitrogens with zero attached hydrogens (tertiary/aromatic N) is 3. The van der Waals surface area contributed by atoms with Crippen LogP contribution in [0.25, 0.3) is 11.5 Å². The molecule has 1 aliphatic heterocycles. The third-order valence-corrected chi connectivity index (χ3v) is 4.31. The number of oxazole rings is 1. The molecule has 26 heavy (non-hydrogen) atoms. The number of nitrogens with one attached hydrogen (secondary N) is 1. The number of hydrogen-bond donors (Lipinski definition) is 1. The van der Waals surface area contributed by atoms with Crippen LogP contribution >= 0.6 is 0 Å². The summed E-state index contributed by atoms with van der Waals surface area (Å²) >= 11 is 0. The van der Waals surface area contributed by atoms with Gasteiger partial charge < -0.3 is 9.73 Å². The smallest absolute Gasteiger partial charge is 0.226 e. The molecule has 6 heteroatoms. The van der Waals surface area contributed by atoms with Gasteiger partial charge in [0.2, 0.25) is 11.8 Å². The van der Waals surface area contributed by atoms with Gasteiger partial charge in [0.1, 0.15) is 5.76 Å². The maximum Gasteiger partial charge on any atom is 0.226 e. The normalized spacial score (nSPS) is 14.2. The number of rotatable bonds is 8. The van der Waals surface area contributed by atoms with Crippen LogP contribution in [0.4, 0.5) is 5.69 Å². The summed E-state index contributed by atoms with van der Waals surface area (Å²) in [5.41, 5.74) is 1.18.